The highest BCUT2D eigenvalue weighted by molar-refractivity contribution is 7.51. The molecule has 0 radical (unpaired) electrons. The molecule has 1 aliphatic rings. The number of fused-ring (bicyclic) bond motifs is 1. The maximum absolute atomic E-state index is 11.2. The third-order valence-corrected chi connectivity index (χ3v) is 6.72. The van der Waals surface area contributed by atoms with E-state index in [9.17, 15) is 18.7 Å². The first-order valence-electron chi connectivity index (χ1n) is 10.2. The second kappa shape index (κ2) is 9.85. The van der Waals surface area contributed by atoms with Crippen LogP contribution in [-0.4, -0.2) is 56.7 Å². The fourth-order valence-electron chi connectivity index (χ4n) is 4.26. The van der Waals surface area contributed by atoms with E-state index in [0.29, 0.717) is 13.1 Å². The van der Waals surface area contributed by atoms with Gasteiger partial charge in [-0.05, 0) is 55.2 Å². The molecule has 1 aromatic carbocycles. The molecular formula is C21H29FN5O3P. The number of imidazole rings is 1. The number of aromatic nitrogens is 4. The second-order valence-electron chi connectivity index (χ2n) is 8.03. The molecule has 0 spiro atoms. The number of nitrogens with zero attached hydrogens (tertiary/aromatic N) is 5. The number of rotatable bonds is 5. The average molecular weight is 449 g/mol. The van der Waals surface area contributed by atoms with E-state index in [1.807, 2.05) is 23.6 Å². The van der Waals surface area contributed by atoms with Crippen molar-refractivity contribution in [3.63, 3.8) is 0 Å². The van der Waals surface area contributed by atoms with Crippen LogP contribution in [0.3, 0.4) is 0 Å². The van der Waals surface area contributed by atoms with Crippen LogP contribution in [0.2, 0.25) is 0 Å². The van der Waals surface area contributed by atoms with E-state index in [-0.39, 0.29) is 12.1 Å². The Morgan fingerprint density at radius 3 is 2.29 bits per heavy atom. The lowest BCUT2D eigenvalue weighted by atomic mass is 9.79. The number of halogens is 1. The van der Waals surface area contributed by atoms with Crippen LogP contribution in [0.25, 0.3) is 16.9 Å². The van der Waals surface area contributed by atoms with Gasteiger partial charge in [-0.1, -0.05) is 12.1 Å². The van der Waals surface area contributed by atoms with Crippen LogP contribution in [0, 0.1) is 5.92 Å². The summed E-state index contributed by atoms with van der Waals surface area (Å²) in [7, 11) is 0.457. The SMILES string of the molecule is CF.CN(C)c1ncnc2c1ncn2-c1ccc(C2CCC(CP(=O)(O)O)CC2)cc1. The van der Waals surface area contributed by atoms with Crippen LogP contribution < -0.4 is 4.90 Å². The normalized spacial score (nSPS) is 19.0. The van der Waals surface area contributed by atoms with Crippen LogP contribution in [-0.2, 0) is 4.57 Å². The predicted molar refractivity (Wildman–Crippen MR) is 120 cm³/mol. The number of hydrogen-bond acceptors (Lipinski definition) is 5. The molecule has 0 atom stereocenters. The first-order chi connectivity index (χ1) is 14.8. The summed E-state index contributed by atoms with van der Waals surface area (Å²) in [5, 5.41) is 0. The maximum Gasteiger partial charge on any atom is 0.325 e. The third-order valence-electron chi connectivity index (χ3n) is 5.72. The third kappa shape index (κ3) is 5.47. The molecule has 1 fully saturated rings. The van der Waals surface area contributed by atoms with E-state index in [1.54, 1.807) is 12.7 Å². The molecule has 0 amide bonds. The molecular weight excluding hydrogens is 420 g/mol. The van der Waals surface area contributed by atoms with Gasteiger partial charge in [0.1, 0.15) is 12.7 Å². The Labute approximate surface area is 181 Å². The van der Waals surface area contributed by atoms with Crippen LogP contribution in [0.15, 0.2) is 36.9 Å². The van der Waals surface area contributed by atoms with E-state index in [4.69, 9.17) is 0 Å². The Balaban J connectivity index is 0.00000132. The first kappa shape index (κ1) is 23.3. The van der Waals surface area contributed by atoms with Crippen LogP contribution >= 0.6 is 7.60 Å². The average Bonchev–Trinajstić information content (AvgIpc) is 3.19. The molecule has 168 valence electrons. The predicted octanol–water partition coefficient (Wildman–Crippen LogP) is 3.92. The van der Waals surface area contributed by atoms with Crippen molar-refractivity contribution in [3.8, 4) is 5.69 Å². The van der Waals surface area contributed by atoms with Crippen LogP contribution in [0.4, 0.5) is 10.2 Å². The Hall–Kier alpha value is -2.35. The number of hydrogen-bond donors (Lipinski definition) is 2. The lowest BCUT2D eigenvalue weighted by molar-refractivity contribution is 0.316. The largest absolute Gasteiger partial charge is 0.361 e. The number of anilines is 1. The molecule has 2 heterocycles. The van der Waals surface area contributed by atoms with Gasteiger partial charge in [0, 0.05) is 19.8 Å². The van der Waals surface area contributed by atoms with E-state index in [2.05, 4.69) is 39.2 Å². The van der Waals surface area contributed by atoms with E-state index >= 15 is 0 Å². The lowest BCUT2D eigenvalue weighted by Crippen LogP contribution is -2.16. The van der Waals surface area contributed by atoms with Crippen molar-refractivity contribution in [2.75, 3.05) is 32.3 Å². The monoisotopic (exact) mass is 449 g/mol. The molecule has 0 saturated heterocycles. The topological polar surface area (TPSA) is 104 Å². The molecule has 4 rings (SSSR count). The molecule has 0 aliphatic heterocycles. The minimum absolute atomic E-state index is 0.0170. The zero-order chi connectivity index (χ0) is 22.6. The number of benzene rings is 1. The van der Waals surface area contributed by atoms with Crippen molar-refractivity contribution in [3.05, 3.63) is 42.5 Å². The molecule has 2 N–H and O–H groups in total. The van der Waals surface area contributed by atoms with Gasteiger partial charge >= 0.3 is 7.60 Å². The maximum atomic E-state index is 11.2. The van der Waals surface area contributed by atoms with Crippen LogP contribution in [0.1, 0.15) is 37.2 Å². The molecule has 1 aliphatic carbocycles. The summed E-state index contributed by atoms with van der Waals surface area (Å²) < 4.78 is 22.7. The smallest absolute Gasteiger partial charge is 0.325 e. The van der Waals surface area contributed by atoms with E-state index in [0.717, 1.165) is 48.4 Å². The molecule has 0 bridgehead atoms. The van der Waals surface area contributed by atoms with Gasteiger partial charge in [-0.2, -0.15) is 0 Å². The molecule has 3 aromatic rings. The summed E-state index contributed by atoms with van der Waals surface area (Å²) in [5.41, 5.74) is 3.81. The lowest BCUT2D eigenvalue weighted by Gasteiger charge is -2.29. The summed E-state index contributed by atoms with van der Waals surface area (Å²) in [4.78, 5) is 33.5. The zero-order valence-electron chi connectivity index (χ0n) is 18.0. The van der Waals surface area contributed by atoms with Crippen molar-refractivity contribution in [2.45, 2.75) is 31.6 Å². The molecule has 31 heavy (non-hydrogen) atoms. The summed E-state index contributed by atoms with van der Waals surface area (Å²) in [5.74, 6) is 1.37. The van der Waals surface area contributed by atoms with Gasteiger partial charge in [0.05, 0.1) is 13.3 Å². The molecule has 0 unspecified atom stereocenters. The van der Waals surface area contributed by atoms with Gasteiger partial charge in [0.25, 0.3) is 0 Å². The Morgan fingerprint density at radius 2 is 1.71 bits per heavy atom. The van der Waals surface area contributed by atoms with Gasteiger partial charge in [-0.25, -0.2) is 15.0 Å². The van der Waals surface area contributed by atoms with Crippen molar-refractivity contribution < 1.29 is 18.7 Å². The van der Waals surface area contributed by atoms with Gasteiger partial charge in [0.15, 0.2) is 17.0 Å². The standard InChI is InChI=1S/C20H26N5O3P.CH3F/c1-24(2)19-18-20(22-12-21-19)25(13-23-18)17-9-7-16(8-10-17)15-5-3-14(4-6-15)11-29(26,27)28;1-2/h7-10,12-15H,3-6,11H2,1-2H3,(H2,26,27,28);1H3. The van der Waals surface area contributed by atoms with E-state index in [1.165, 1.54) is 5.56 Å². The van der Waals surface area contributed by atoms with Crippen LogP contribution in [0.5, 0.6) is 0 Å². The zero-order valence-corrected chi connectivity index (χ0v) is 18.9. The quantitative estimate of drug-likeness (QED) is 0.569. The fraction of sp³-hybridized carbons (Fsp3) is 0.476. The second-order valence-corrected chi connectivity index (χ2v) is 9.73. The molecule has 10 heteroatoms. The minimum Gasteiger partial charge on any atom is -0.361 e. The summed E-state index contributed by atoms with van der Waals surface area (Å²) in [6, 6.07) is 8.44. The van der Waals surface area contributed by atoms with E-state index < -0.39 is 7.60 Å². The van der Waals surface area contributed by atoms with Crippen molar-refractivity contribution in [2.24, 2.45) is 5.92 Å². The highest BCUT2D eigenvalue weighted by atomic mass is 31.2. The summed E-state index contributed by atoms with van der Waals surface area (Å²) >= 11 is 0. The van der Waals surface area contributed by atoms with Gasteiger partial charge in [0.2, 0.25) is 0 Å². The summed E-state index contributed by atoms with van der Waals surface area (Å²) in [6.45, 7) is 0. The summed E-state index contributed by atoms with van der Waals surface area (Å²) in [6.07, 6.45) is 7.02. The Kier molecular flexibility index (Phi) is 7.41. The molecule has 1 saturated carbocycles. The van der Waals surface area contributed by atoms with Crippen molar-refractivity contribution in [1.82, 2.24) is 19.5 Å². The van der Waals surface area contributed by atoms with Crippen molar-refractivity contribution >= 4 is 24.6 Å². The fourth-order valence-corrected chi connectivity index (χ4v) is 5.30. The van der Waals surface area contributed by atoms with Gasteiger partial charge in [-0.3, -0.25) is 13.5 Å². The number of alkyl halides is 1. The first-order valence-corrected chi connectivity index (χ1v) is 12.0. The van der Waals surface area contributed by atoms with Crippen molar-refractivity contribution in [1.29, 1.82) is 0 Å². The Bertz CT molecular complexity index is 1040. The molecule has 8 nitrogen and oxygen atoms in total. The molecule has 2 aromatic heterocycles. The van der Waals surface area contributed by atoms with Gasteiger partial charge in [-0.15, -0.1) is 0 Å². The highest BCUT2D eigenvalue weighted by Crippen LogP contribution is 2.44. The van der Waals surface area contributed by atoms with Gasteiger partial charge < -0.3 is 14.7 Å². The Morgan fingerprint density at radius 1 is 1.06 bits per heavy atom. The highest BCUT2D eigenvalue weighted by Gasteiger charge is 2.27. The minimum atomic E-state index is -3.91.